The molecule has 0 atom stereocenters. The van der Waals surface area contributed by atoms with E-state index in [4.69, 9.17) is 16.3 Å². The lowest BCUT2D eigenvalue weighted by Crippen LogP contribution is -2.25. The molecule has 3 heterocycles. The van der Waals surface area contributed by atoms with Gasteiger partial charge < -0.3 is 9.64 Å². The summed E-state index contributed by atoms with van der Waals surface area (Å²) >= 11 is 5.86. The van der Waals surface area contributed by atoms with Crippen LogP contribution < -0.4 is 0 Å². The van der Waals surface area contributed by atoms with Gasteiger partial charge in [0.2, 0.25) is 0 Å². The first kappa shape index (κ1) is 21.2. The quantitative estimate of drug-likeness (QED) is 0.497. The second-order valence-corrected chi connectivity index (χ2v) is 8.32. The molecule has 0 bridgehead atoms. The fraction of sp³-hybridized carbons (Fsp3) is 0.450. The molecule has 0 amide bonds. The standard InChI is InChI=1S/C20H23ClF2N4O2/c1-20(2,3)16-6-14(27(25-16)11-18(22)23)10-26(15-7-19(28)29-12-15)9-13-4-5-17(21)24-8-13/h4-8,18H,9-12H2,1-3H3. The zero-order valence-electron chi connectivity index (χ0n) is 16.5. The van der Waals surface area contributed by atoms with Gasteiger partial charge in [0.1, 0.15) is 18.3 Å². The Labute approximate surface area is 173 Å². The molecule has 29 heavy (non-hydrogen) atoms. The van der Waals surface area contributed by atoms with E-state index in [1.165, 1.54) is 10.8 Å². The molecule has 3 rings (SSSR count). The first-order chi connectivity index (χ1) is 13.6. The highest BCUT2D eigenvalue weighted by molar-refractivity contribution is 6.29. The summed E-state index contributed by atoms with van der Waals surface area (Å²) in [6.45, 7) is 6.29. The molecule has 1 aliphatic heterocycles. The molecule has 2 aromatic rings. The van der Waals surface area contributed by atoms with Crippen LogP contribution in [0.15, 0.2) is 36.2 Å². The van der Waals surface area contributed by atoms with Crippen LogP contribution in [-0.2, 0) is 34.6 Å². The van der Waals surface area contributed by atoms with Crippen molar-refractivity contribution in [3.05, 3.63) is 58.3 Å². The van der Waals surface area contributed by atoms with E-state index in [-0.39, 0.29) is 12.0 Å². The van der Waals surface area contributed by atoms with E-state index in [1.807, 2.05) is 37.8 Å². The maximum absolute atomic E-state index is 13.1. The minimum Gasteiger partial charge on any atom is -0.456 e. The van der Waals surface area contributed by atoms with Crippen molar-refractivity contribution in [1.82, 2.24) is 19.7 Å². The summed E-state index contributed by atoms with van der Waals surface area (Å²) in [6, 6.07) is 5.35. The Morgan fingerprint density at radius 2 is 2.07 bits per heavy atom. The number of ether oxygens (including phenoxy) is 1. The molecule has 6 nitrogen and oxygen atoms in total. The van der Waals surface area contributed by atoms with Gasteiger partial charge in [-0.15, -0.1) is 0 Å². The number of cyclic esters (lactones) is 1. The molecular weight excluding hydrogens is 402 g/mol. The van der Waals surface area contributed by atoms with Crippen molar-refractivity contribution in [2.75, 3.05) is 6.61 Å². The van der Waals surface area contributed by atoms with Crippen LogP contribution in [0.3, 0.4) is 0 Å². The smallest absolute Gasteiger partial charge is 0.333 e. The number of hydrogen-bond acceptors (Lipinski definition) is 5. The lowest BCUT2D eigenvalue weighted by Gasteiger charge is -2.25. The van der Waals surface area contributed by atoms with Gasteiger partial charge in [0.05, 0.1) is 23.6 Å². The third-order valence-corrected chi connectivity index (χ3v) is 4.73. The predicted octanol–water partition coefficient (Wildman–Crippen LogP) is 3.94. The maximum Gasteiger partial charge on any atom is 0.333 e. The van der Waals surface area contributed by atoms with E-state index in [0.717, 1.165) is 11.3 Å². The molecular formula is C20H23ClF2N4O2. The van der Waals surface area contributed by atoms with Crippen LogP contribution in [0, 0.1) is 0 Å². The SMILES string of the molecule is CC(C)(C)c1cc(CN(Cc2ccc(Cl)nc2)C2=CC(=O)OC2)n(CC(F)F)n1. The number of carbonyl (C=O) groups excluding carboxylic acids is 1. The summed E-state index contributed by atoms with van der Waals surface area (Å²) in [7, 11) is 0. The molecule has 2 aromatic heterocycles. The average Bonchev–Trinajstić information content (AvgIpc) is 3.22. The highest BCUT2D eigenvalue weighted by atomic mass is 35.5. The normalized spacial score (nSPS) is 14.3. The largest absolute Gasteiger partial charge is 0.456 e. The monoisotopic (exact) mass is 424 g/mol. The number of rotatable bonds is 7. The summed E-state index contributed by atoms with van der Waals surface area (Å²) < 4.78 is 32.6. The molecule has 9 heteroatoms. The van der Waals surface area contributed by atoms with Crippen molar-refractivity contribution >= 4 is 17.6 Å². The number of hydrogen-bond donors (Lipinski definition) is 0. The van der Waals surface area contributed by atoms with Crippen molar-refractivity contribution in [2.45, 2.75) is 52.2 Å². The topological polar surface area (TPSA) is 60.3 Å². The highest BCUT2D eigenvalue weighted by Crippen LogP contribution is 2.25. The summed E-state index contributed by atoms with van der Waals surface area (Å²) in [6.07, 6.45) is 0.540. The first-order valence-electron chi connectivity index (χ1n) is 9.20. The van der Waals surface area contributed by atoms with E-state index in [9.17, 15) is 13.6 Å². The predicted molar refractivity (Wildman–Crippen MR) is 104 cm³/mol. The Morgan fingerprint density at radius 1 is 1.31 bits per heavy atom. The lowest BCUT2D eigenvalue weighted by atomic mass is 9.92. The highest BCUT2D eigenvalue weighted by Gasteiger charge is 2.25. The number of nitrogens with zero attached hydrogens (tertiary/aromatic N) is 4. The number of pyridine rings is 1. The molecule has 0 aromatic carbocycles. The molecule has 0 saturated heterocycles. The molecule has 1 aliphatic rings. The number of halogens is 3. The van der Waals surface area contributed by atoms with Gasteiger partial charge in [0.25, 0.3) is 6.43 Å². The van der Waals surface area contributed by atoms with Gasteiger partial charge in [-0.1, -0.05) is 38.4 Å². The van der Waals surface area contributed by atoms with E-state index < -0.39 is 18.9 Å². The van der Waals surface area contributed by atoms with Crippen molar-refractivity contribution in [1.29, 1.82) is 0 Å². The zero-order chi connectivity index (χ0) is 21.2. The van der Waals surface area contributed by atoms with Crippen LogP contribution in [0.1, 0.15) is 37.7 Å². The van der Waals surface area contributed by atoms with Crippen LogP contribution in [0.25, 0.3) is 0 Å². The van der Waals surface area contributed by atoms with Crippen LogP contribution in [-0.4, -0.2) is 38.7 Å². The molecule has 0 saturated carbocycles. The second kappa shape index (κ2) is 8.49. The van der Waals surface area contributed by atoms with Crippen molar-refractivity contribution in [3.63, 3.8) is 0 Å². The third-order valence-electron chi connectivity index (χ3n) is 4.51. The first-order valence-corrected chi connectivity index (χ1v) is 9.57. The van der Waals surface area contributed by atoms with Gasteiger partial charge in [-0.05, 0) is 17.7 Å². The van der Waals surface area contributed by atoms with Crippen molar-refractivity contribution in [3.8, 4) is 0 Å². The number of esters is 1. The van der Waals surface area contributed by atoms with E-state index in [2.05, 4.69) is 10.1 Å². The van der Waals surface area contributed by atoms with Crippen LogP contribution in [0.5, 0.6) is 0 Å². The molecule has 0 spiro atoms. The summed E-state index contributed by atoms with van der Waals surface area (Å²) in [5, 5.41) is 4.78. The molecule has 156 valence electrons. The van der Waals surface area contributed by atoms with Gasteiger partial charge >= 0.3 is 5.97 Å². The Bertz CT molecular complexity index is 904. The molecule has 0 fully saturated rings. The minimum absolute atomic E-state index is 0.134. The summed E-state index contributed by atoms with van der Waals surface area (Å²) in [4.78, 5) is 17.6. The number of alkyl halides is 2. The van der Waals surface area contributed by atoms with Gasteiger partial charge in [0, 0.05) is 24.2 Å². The van der Waals surface area contributed by atoms with Crippen LogP contribution in [0.2, 0.25) is 5.15 Å². The fourth-order valence-electron chi connectivity index (χ4n) is 2.96. The number of aromatic nitrogens is 3. The minimum atomic E-state index is -2.52. The third kappa shape index (κ3) is 5.53. The van der Waals surface area contributed by atoms with Gasteiger partial charge in [0.15, 0.2) is 0 Å². The second-order valence-electron chi connectivity index (χ2n) is 7.93. The number of carbonyl (C=O) groups is 1. The Balaban J connectivity index is 1.92. The Morgan fingerprint density at radius 3 is 2.62 bits per heavy atom. The van der Waals surface area contributed by atoms with Crippen molar-refractivity contribution in [2.24, 2.45) is 0 Å². The van der Waals surface area contributed by atoms with Crippen LogP contribution in [0.4, 0.5) is 8.78 Å². The van der Waals surface area contributed by atoms with Crippen molar-refractivity contribution < 1.29 is 18.3 Å². The molecule has 0 unspecified atom stereocenters. The molecule has 0 radical (unpaired) electrons. The Kier molecular flexibility index (Phi) is 6.21. The van der Waals surface area contributed by atoms with Gasteiger partial charge in [-0.3, -0.25) is 4.68 Å². The lowest BCUT2D eigenvalue weighted by molar-refractivity contribution is -0.135. The van der Waals surface area contributed by atoms with Crippen LogP contribution >= 0.6 is 11.6 Å². The Hall–Kier alpha value is -2.48. The molecule has 0 N–H and O–H groups in total. The summed E-state index contributed by atoms with van der Waals surface area (Å²) in [5.74, 6) is -0.421. The van der Waals surface area contributed by atoms with E-state index >= 15 is 0 Å². The summed E-state index contributed by atoms with van der Waals surface area (Å²) in [5.41, 5.74) is 2.63. The fourth-order valence-corrected chi connectivity index (χ4v) is 3.07. The van der Waals surface area contributed by atoms with E-state index in [0.29, 0.717) is 29.6 Å². The van der Waals surface area contributed by atoms with E-state index in [1.54, 1.807) is 12.3 Å². The maximum atomic E-state index is 13.1. The molecule has 0 aliphatic carbocycles. The average molecular weight is 425 g/mol. The zero-order valence-corrected chi connectivity index (χ0v) is 17.3. The van der Waals surface area contributed by atoms with Gasteiger partial charge in [-0.2, -0.15) is 5.10 Å². The van der Waals surface area contributed by atoms with Gasteiger partial charge in [-0.25, -0.2) is 18.6 Å².